The second kappa shape index (κ2) is 6.17. The second-order valence-electron chi connectivity index (χ2n) is 4.35. The Bertz CT molecular complexity index is 390. The van der Waals surface area contributed by atoms with Crippen molar-refractivity contribution in [1.29, 1.82) is 0 Å². The van der Waals surface area contributed by atoms with E-state index < -0.39 is 29.9 Å². The molecule has 0 spiro atoms. The fourth-order valence-corrected chi connectivity index (χ4v) is 1.49. The molecule has 19 heavy (non-hydrogen) atoms. The molecule has 1 fully saturated rings. The van der Waals surface area contributed by atoms with Crippen LogP contribution in [0.4, 0.5) is 4.79 Å². The van der Waals surface area contributed by atoms with Gasteiger partial charge in [0, 0.05) is 12.8 Å². The van der Waals surface area contributed by atoms with Gasteiger partial charge in [-0.2, -0.15) is 0 Å². The zero-order chi connectivity index (χ0) is 14.6. The Morgan fingerprint density at radius 1 is 1.21 bits per heavy atom. The first kappa shape index (κ1) is 14.9. The van der Waals surface area contributed by atoms with Crippen molar-refractivity contribution in [1.82, 2.24) is 10.4 Å². The Hall–Kier alpha value is -2.12. The number of carbonyl (C=O) groups excluding carboxylic acids is 4. The molecule has 1 unspecified atom stereocenters. The van der Waals surface area contributed by atoms with Crippen LogP contribution >= 0.6 is 0 Å². The molecule has 1 atom stereocenters. The van der Waals surface area contributed by atoms with Gasteiger partial charge in [-0.05, 0) is 5.92 Å². The summed E-state index contributed by atoms with van der Waals surface area (Å²) < 4.78 is 4.39. The van der Waals surface area contributed by atoms with E-state index in [0.29, 0.717) is 5.06 Å². The number of nitrogens with one attached hydrogen (secondary N) is 1. The number of methoxy groups -OCH3 is 1. The van der Waals surface area contributed by atoms with E-state index in [2.05, 4.69) is 10.1 Å². The van der Waals surface area contributed by atoms with Crippen LogP contribution in [0, 0.1) is 5.92 Å². The second-order valence-corrected chi connectivity index (χ2v) is 4.35. The van der Waals surface area contributed by atoms with Crippen LogP contribution in [0.5, 0.6) is 0 Å². The zero-order valence-electron chi connectivity index (χ0n) is 11.0. The van der Waals surface area contributed by atoms with Crippen LogP contribution in [0.2, 0.25) is 0 Å². The molecule has 1 aliphatic heterocycles. The Labute approximate surface area is 110 Å². The summed E-state index contributed by atoms with van der Waals surface area (Å²) in [7, 11) is 1.16. The first-order chi connectivity index (χ1) is 8.86. The van der Waals surface area contributed by atoms with Gasteiger partial charge in [-0.3, -0.25) is 9.59 Å². The van der Waals surface area contributed by atoms with Gasteiger partial charge in [-0.1, -0.05) is 13.8 Å². The molecule has 3 amide bonds. The number of carbonyl (C=O) groups is 4. The number of alkyl carbamates (subject to hydrolysis) is 1. The summed E-state index contributed by atoms with van der Waals surface area (Å²) in [5, 5.41) is 2.73. The van der Waals surface area contributed by atoms with Crippen LogP contribution in [0.3, 0.4) is 0 Å². The molecular weight excluding hydrogens is 256 g/mol. The molecule has 1 heterocycles. The normalized spacial score (nSPS) is 16.5. The highest BCUT2D eigenvalue weighted by molar-refractivity contribution is 6.01. The minimum Gasteiger partial charge on any atom is -0.453 e. The van der Waals surface area contributed by atoms with E-state index in [-0.39, 0.29) is 18.8 Å². The van der Waals surface area contributed by atoms with Crippen LogP contribution in [0.25, 0.3) is 0 Å². The van der Waals surface area contributed by atoms with Crippen molar-refractivity contribution in [3.8, 4) is 0 Å². The first-order valence-corrected chi connectivity index (χ1v) is 5.79. The molecule has 1 rings (SSSR count). The first-order valence-electron chi connectivity index (χ1n) is 5.79. The number of hydroxylamine groups is 2. The van der Waals surface area contributed by atoms with E-state index in [4.69, 9.17) is 4.84 Å². The number of amides is 3. The van der Waals surface area contributed by atoms with Gasteiger partial charge >= 0.3 is 12.1 Å². The molecule has 0 bridgehead atoms. The standard InChI is InChI=1S/C11H16N2O6/c1-6(2)9(12-11(17)18-3)10(16)19-13-7(14)4-5-8(13)15/h6,9H,4-5H2,1-3H3,(H,12,17). The number of hydrogen-bond donors (Lipinski definition) is 1. The van der Waals surface area contributed by atoms with E-state index in [1.165, 1.54) is 0 Å². The summed E-state index contributed by atoms with van der Waals surface area (Å²) in [6, 6.07) is -1.01. The predicted molar refractivity (Wildman–Crippen MR) is 61.3 cm³/mol. The Balaban J connectivity index is 2.69. The van der Waals surface area contributed by atoms with E-state index in [1.807, 2.05) is 0 Å². The third kappa shape index (κ3) is 3.67. The molecule has 8 heteroatoms. The van der Waals surface area contributed by atoms with E-state index in [1.54, 1.807) is 13.8 Å². The lowest BCUT2D eigenvalue weighted by molar-refractivity contribution is -0.199. The molecule has 8 nitrogen and oxygen atoms in total. The highest BCUT2D eigenvalue weighted by Crippen LogP contribution is 2.14. The summed E-state index contributed by atoms with van der Waals surface area (Å²) >= 11 is 0. The van der Waals surface area contributed by atoms with Gasteiger partial charge in [0.1, 0.15) is 6.04 Å². The lowest BCUT2D eigenvalue weighted by Crippen LogP contribution is -2.48. The number of nitrogens with zero attached hydrogens (tertiary/aromatic N) is 1. The summed E-state index contributed by atoms with van der Waals surface area (Å²) in [4.78, 5) is 50.3. The largest absolute Gasteiger partial charge is 0.453 e. The van der Waals surface area contributed by atoms with Crippen molar-refractivity contribution in [2.75, 3.05) is 7.11 Å². The van der Waals surface area contributed by atoms with Gasteiger partial charge in [0.15, 0.2) is 0 Å². The number of rotatable bonds is 4. The summed E-state index contributed by atoms with van der Waals surface area (Å²) in [6.07, 6.45) is -0.763. The van der Waals surface area contributed by atoms with Crippen LogP contribution in [-0.2, 0) is 24.0 Å². The SMILES string of the molecule is COC(=O)NC(C(=O)ON1C(=O)CCC1=O)C(C)C. The molecular formula is C11H16N2O6. The smallest absolute Gasteiger partial charge is 0.407 e. The maximum absolute atomic E-state index is 11.8. The number of imide groups is 1. The van der Waals surface area contributed by atoms with Crippen molar-refractivity contribution < 1.29 is 28.8 Å². The molecule has 1 saturated heterocycles. The topological polar surface area (TPSA) is 102 Å². The van der Waals surface area contributed by atoms with Crippen LogP contribution in [-0.4, -0.2) is 42.1 Å². The van der Waals surface area contributed by atoms with Crippen molar-refractivity contribution >= 4 is 23.9 Å². The molecule has 0 aromatic carbocycles. The molecule has 0 saturated carbocycles. The van der Waals surface area contributed by atoms with E-state index in [0.717, 1.165) is 7.11 Å². The predicted octanol–water partition coefficient (Wildman–Crippen LogP) is -0.0258. The summed E-state index contributed by atoms with van der Waals surface area (Å²) in [5.74, 6) is -2.32. The van der Waals surface area contributed by atoms with E-state index >= 15 is 0 Å². The van der Waals surface area contributed by atoms with Gasteiger partial charge < -0.3 is 14.9 Å². The van der Waals surface area contributed by atoms with Crippen molar-refractivity contribution in [2.24, 2.45) is 5.92 Å². The number of ether oxygens (including phenoxy) is 1. The lowest BCUT2D eigenvalue weighted by atomic mass is 10.1. The Morgan fingerprint density at radius 3 is 2.16 bits per heavy atom. The van der Waals surface area contributed by atoms with Gasteiger partial charge in [0.2, 0.25) is 0 Å². The average Bonchev–Trinajstić information content (AvgIpc) is 2.66. The maximum atomic E-state index is 11.8. The molecule has 0 aliphatic carbocycles. The Morgan fingerprint density at radius 2 is 1.74 bits per heavy atom. The molecule has 106 valence electrons. The molecule has 0 aromatic heterocycles. The maximum Gasteiger partial charge on any atom is 0.407 e. The molecule has 1 N–H and O–H groups in total. The van der Waals surface area contributed by atoms with Gasteiger partial charge in [-0.15, -0.1) is 5.06 Å². The summed E-state index contributed by atoms with van der Waals surface area (Å²) in [5.41, 5.74) is 0. The molecule has 0 radical (unpaired) electrons. The van der Waals surface area contributed by atoms with Crippen molar-refractivity contribution in [3.63, 3.8) is 0 Å². The lowest BCUT2D eigenvalue weighted by Gasteiger charge is -2.21. The fraction of sp³-hybridized carbons (Fsp3) is 0.636. The number of hydrogen-bond acceptors (Lipinski definition) is 6. The van der Waals surface area contributed by atoms with Crippen molar-refractivity contribution in [3.05, 3.63) is 0 Å². The minimum atomic E-state index is -1.01. The van der Waals surface area contributed by atoms with Gasteiger partial charge in [0.05, 0.1) is 7.11 Å². The molecule has 0 aromatic rings. The summed E-state index contributed by atoms with van der Waals surface area (Å²) in [6.45, 7) is 3.35. The third-order valence-electron chi connectivity index (χ3n) is 2.57. The van der Waals surface area contributed by atoms with Crippen LogP contribution < -0.4 is 5.32 Å². The van der Waals surface area contributed by atoms with E-state index in [9.17, 15) is 19.2 Å². The highest BCUT2D eigenvalue weighted by Gasteiger charge is 2.36. The molecule has 1 aliphatic rings. The minimum absolute atomic E-state index is 0.0168. The zero-order valence-corrected chi connectivity index (χ0v) is 11.0. The quantitative estimate of drug-likeness (QED) is 0.721. The van der Waals surface area contributed by atoms with Gasteiger partial charge in [-0.25, -0.2) is 9.59 Å². The van der Waals surface area contributed by atoms with Crippen LogP contribution in [0.1, 0.15) is 26.7 Å². The fourth-order valence-electron chi connectivity index (χ4n) is 1.49. The van der Waals surface area contributed by atoms with Gasteiger partial charge in [0.25, 0.3) is 11.8 Å². The highest BCUT2D eigenvalue weighted by atomic mass is 16.7. The van der Waals surface area contributed by atoms with Crippen molar-refractivity contribution in [2.45, 2.75) is 32.7 Å². The average molecular weight is 272 g/mol. The monoisotopic (exact) mass is 272 g/mol. The third-order valence-corrected chi connectivity index (χ3v) is 2.57. The Kier molecular flexibility index (Phi) is 4.85. The van der Waals surface area contributed by atoms with Crippen LogP contribution in [0.15, 0.2) is 0 Å².